The Morgan fingerprint density at radius 1 is 1.24 bits per heavy atom. The van der Waals surface area contributed by atoms with Gasteiger partial charge in [0.2, 0.25) is 5.91 Å². The highest BCUT2D eigenvalue weighted by Crippen LogP contribution is 2.14. The molecule has 2 saturated heterocycles. The maximum Gasteiger partial charge on any atom is 0.223 e. The van der Waals surface area contributed by atoms with Crippen molar-refractivity contribution < 1.29 is 14.3 Å². The van der Waals surface area contributed by atoms with Crippen molar-refractivity contribution in [3.05, 3.63) is 0 Å². The van der Waals surface area contributed by atoms with Crippen molar-refractivity contribution >= 4 is 5.91 Å². The maximum absolute atomic E-state index is 11.8. The van der Waals surface area contributed by atoms with Crippen LogP contribution >= 0.6 is 0 Å². The molecule has 0 aromatic carbocycles. The Morgan fingerprint density at radius 2 is 2.06 bits per heavy atom. The summed E-state index contributed by atoms with van der Waals surface area (Å²) in [5.41, 5.74) is 0. The molecule has 2 aliphatic rings. The van der Waals surface area contributed by atoms with Crippen LogP contribution in [0.3, 0.4) is 0 Å². The summed E-state index contributed by atoms with van der Waals surface area (Å²) in [6.45, 7) is 4.64. The quantitative estimate of drug-likeness (QED) is 0.723. The van der Waals surface area contributed by atoms with Crippen molar-refractivity contribution in [2.24, 2.45) is 5.92 Å². The number of nitrogens with one attached hydrogen (secondary N) is 2. The van der Waals surface area contributed by atoms with Crippen molar-refractivity contribution in [2.45, 2.75) is 25.3 Å². The number of ether oxygens (including phenoxy) is 2. The Bertz CT molecular complexity index is 236. The lowest BCUT2D eigenvalue weighted by Gasteiger charge is -2.25. The van der Waals surface area contributed by atoms with Crippen LogP contribution in [-0.4, -0.2) is 51.5 Å². The lowest BCUT2D eigenvalue weighted by Crippen LogP contribution is -2.44. The highest BCUT2D eigenvalue weighted by molar-refractivity contribution is 5.78. The van der Waals surface area contributed by atoms with E-state index in [1.54, 1.807) is 0 Å². The molecule has 17 heavy (non-hydrogen) atoms. The molecule has 0 radical (unpaired) electrons. The molecule has 2 fully saturated rings. The first-order chi connectivity index (χ1) is 8.36. The van der Waals surface area contributed by atoms with Crippen LogP contribution < -0.4 is 10.6 Å². The van der Waals surface area contributed by atoms with Crippen molar-refractivity contribution in [3.63, 3.8) is 0 Å². The van der Waals surface area contributed by atoms with E-state index in [0.29, 0.717) is 6.04 Å². The van der Waals surface area contributed by atoms with Crippen LogP contribution in [0.5, 0.6) is 0 Å². The Balaban J connectivity index is 1.58. The number of amides is 1. The number of carbonyl (C=O) groups excluding carboxylic acids is 1. The molecule has 0 aromatic rings. The Morgan fingerprint density at radius 3 is 2.76 bits per heavy atom. The number of morpholine rings is 1. The minimum Gasteiger partial charge on any atom is -0.381 e. The zero-order chi connectivity index (χ0) is 11.9. The Kier molecular flexibility index (Phi) is 5.22. The van der Waals surface area contributed by atoms with Gasteiger partial charge in [-0.05, 0) is 19.3 Å². The SMILES string of the molecule is O=C(NCCC1COCCN1)C1CCOCC1. The largest absolute Gasteiger partial charge is 0.381 e. The van der Waals surface area contributed by atoms with Crippen LogP contribution in [0.2, 0.25) is 0 Å². The highest BCUT2D eigenvalue weighted by atomic mass is 16.5. The molecule has 98 valence electrons. The first-order valence-electron chi connectivity index (χ1n) is 6.53. The minimum atomic E-state index is 0.152. The molecule has 1 atom stereocenters. The van der Waals surface area contributed by atoms with Gasteiger partial charge in [0, 0.05) is 38.3 Å². The number of carbonyl (C=O) groups is 1. The van der Waals surface area contributed by atoms with Crippen LogP contribution in [0.4, 0.5) is 0 Å². The van der Waals surface area contributed by atoms with E-state index in [1.165, 1.54) is 0 Å². The predicted molar refractivity (Wildman–Crippen MR) is 63.8 cm³/mol. The first kappa shape index (κ1) is 12.8. The molecular formula is C12H22N2O3. The second-order valence-electron chi connectivity index (χ2n) is 4.69. The van der Waals surface area contributed by atoms with E-state index in [9.17, 15) is 4.79 Å². The third kappa shape index (κ3) is 4.26. The lowest BCUT2D eigenvalue weighted by atomic mass is 9.99. The van der Waals surface area contributed by atoms with Crippen molar-refractivity contribution in [2.75, 3.05) is 39.5 Å². The average molecular weight is 242 g/mol. The molecule has 5 nitrogen and oxygen atoms in total. The second-order valence-corrected chi connectivity index (χ2v) is 4.69. The van der Waals surface area contributed by atoms with Gasteiger partial charge in [0.15, 0.2) is 0 Å². The third-order valence-electron chi connectivity index (χ3n) is 3.38. The minimum absolute atomic E-state index is 0.152. The summed E-state index contributed by atoms with van der Waals surface area (Å²) >= 11 is 0. The smallest absolute Gasteiger partial charge is 0.223 e. The fraction of sp³-hybridized carbons (Fsp3) is 0.917. The highest BCUT2D eigenvalue weighted by Gasteiger charge is 2.21. The fourth-order valence-corrected chi connectivity index (χ4v) is 2.28. The van der Waals surface area contributed by atoms with Gasteiger partial charge >= 0.3 is 0 Å². The zero-order valence-corrected chi connectivity index (χ0v) is 10.2. The summed E-state index contributed by atoms with van der Waals surface area (Å²) in [6, 6.07) is 0.388. The standard InChI is InChI=1S/C12H22N2O3/c15-12(10-2-6-16-7-3-10)14-4-1-11-9-17-8-5-13-11/h10-11,13H,1-9H2,(H,14,15). The summed E-state index contributed by atoms with van der Waals surface area (Å²) in [5, 5.41) is 6.39. The summed E-state index contributed by atoms with van der Waals surface area (Å²) < 4.78 is 10.6. The molecule has 2 rings (SSSR count). The Hall–Kier alpha value is -0.650. The number of hydrogen-bond donors (Lipinski definition) is 2. The van der Waals surface area contributed by atoms with E-state index in [1.807, 2.05) is 0 Å². The van der Waals surface area contributed by atoms with E-state index in [4.69, 9.17) is 9.47 Å². The van der Waals surface area contributed by atoms with E-state index in [0.717, 1.165) is 58.8 Å². The molecule has 0 bridgehead atoms. The molecule has 0 saturated carbocycles. The third-order valence-corrected chi connectivity index (χ3v) is 3.38. The van der Waals surface area contributed by atoms with Gasteiger partial charge in [0.05, 0.1) is 13.2 Å². The van der Waals surface area contributed by atoms with Crippen LogP contribution in [0, 0.1) is 5.92 Å². The van der Waals surface area contributed by atoms with Crippen molar-refractivity contribution in [3.8, 4) is 0 Å². The monoisotopic (exact) mass is 242 g/mol. The molecule has 2 N–H and O–H groups in total. The molecule has 1 unspecified atom stereocenters. The molecule has 0 spiro atoms. The van der Waals surface area contributed by atoms with Gasteiger partial charge in [-0.1, -0.05) is 0 Å². The summed E-state index contributed by atoms with van der Waals surface area (Å²) in [6.07, 6.45) is 2.65. The number of rotatable bonds is 4. The van der Waals surface area contributed by atoms with E-state index >= 15 is 0 Å². The Labute approximate surface area is 102 Å². The van der Waals surface area contributed by atoms with Crippen molar-refractivity contribution in [1.82, 2.24) is 10.6 Å². The zero-order valence-electron chi connectivity index (χ0n) is 10.2. The molecular weight excluding hydrogens is 220 g/mol. The van der Waals surface area contributed by atoms with Gasteiger partial charge in [0.25, 0.3) is 0 Å². The van der Waals surface area contributed by atoms with Gasteiger partial charge in [-0.25, -0.2) is 0 Å². The van der Waals surface area contributed by atoms with Gasteiger partial charge in [-0.2, -0.15) is 0 Å². The van der Waals surface area contributed by atoms with Gasteiger partial charge in [0.1, 0.15) is 0 Å². The number of hydrogen-bond acceptors (Lipinski definition) is 4. The topological polar surface area (TPSA) is 59.6 Å². The summed E-state index contributed by atoms with van der Waals surface area (Å²) in [4.78, 5) is 11.8. The van der Waals surface area contributed by atoms with Gasteiger partial charge in [-0.3, -0.25) is 4.79 Å². The molecule has 0 aliphatic carbocycles. The van der Waals surface area contributed by atoms with Crippen LogP contribution in [-0.2, 0) is 14.3 Å². The lowest BCUT2D eigenvalue weighted by molar-refractivity contribution is -0.127. The van der Waals surface area contributed by atoms with E-state index in [2.05, 4.69) is 10.6 Å². The second kappa shape index (κ2) is 6.93. The maximum atomic E-state index is 11.8. The molecule has 5 heteroatoms. The first-order valence-corrected chi connectivity index (χ1v) is 6.53. The van der Waals surface area contributed by atoms with Crippen molar-refractivity contribution in [1.29, 1.82) is 0 Å². The van der Waals surface area contributed by atoms with Crippen LogP contribution in [0.25, 0.3) is 0 Å². The molecule has 1 amide bonds. The van der Waals surface area contributed by atoms with Crippen LogP contribution in [0.1, 0.15) is 19.3 Å². The van der Waals surface area contributed by atoms with Gasteiger partial charge in [-0.15, -0.1) is 0 Å². The normalized spacial score (nSPS) is 26.7. The summed E-state index contributed by atoms with van der Waals surface area (Å²) in [5.74, 6) is 0.337. The molecule has 2 heterocycles. The fourth-order valence-electron chi connectivity index (χ4n) is 2.28. The van der Waals surface area contributed by atoms with Gasteiger partial charge < -0.3 is 20.1 Å². The molecule has 2 aliphatic heterocycles. The van der Waals surface area contributed by atoms with E-state index in [-0.39, 0.29) is 11.8 Å². The van der Waals surface area contributed by atoms with E-state index < -0.39 is 0 Å². The summed E-state index contributed by atoms with van der Waals surface area (Å²) in [7, 11) is 0. The molecule has 0 aromatic heterocycles. The van der Waals surface area contributed by atoms with Crippen LogP contribution in [0.15, 0.2) is 0 Å². The predicted octanol–water partition coefficient (Wildman–Crippen LogP) is -0.0923. The average Bonchev–Trinajstić information content (AvgIpc) is 2.41.